The Bertz CT molecular complexity index is 966. The van der Waals surface area contributed by atoms with Crippen LogP contribution in [0.1, 0.15) is 11.1 Å². The summed E-state index contributed by atoms with van der Waals surface area (Å²) >= 11 is 1.57. The molecule has 1 N–H and O–H groups in total. The number of amides is 1. The van der Waals surface area contributed by atoms with Crippen LogP contribution in [-0.4, -0.2) is 29.9 Å². The molecular formula is C21H19N3OS. The van der Waals surface area contributed by atoms with Gasteiger partial charge in [-0.25, -0.2) is 0 Å². The number of carbonyl (C=O) groups excluding carboxylic acids is 1. The minimum absolute atomic E-state index is 0.199. The molecular weight excluding hydrogens is 342 g/mol. The van der Waals surface area contributed by atoms with Gasteiger partial charge >= 0.3 is 0 Å². The summed E-state index contributed by atoms with van der Waals surface area (Å²) < 4.78 is 3.39. The molecule has 0 aliphatic rings. The van der Waals surface area contributed by atoms with Crippen molar-refractivity contribution in [3.8, 4) is 11.8 Å². The van der Waals surface area contributed by atoms with Crippen molar-refractivity contribution in [1.29, 1.82) is 0 Å². The molecule has 0 saturated carbocycles. The third kappa shape index (κ3) is 4.63. The van der Waals surface area contributed by atoms with Crippen molar-refractivity contribution in [2.75, 3.05) is 14.1 Å². The fraction of sp³-hybridized carbons (Fsp3) is 0.143. The second kappa shape index (κ2) is 8.52. The number of fused-ring (bicyclic) bond motifs is 1. The second-order valence-corrected chi connectivity index (χ2v) is 6.85. The molecule has 0 radical (unpaired) electrons. The summed E-state index contributed by atoms with van der Waals surface area (Å²) in [6.07, 6.45) is 1.84. The molecule has 0 aliphatic heterocycles. The van der Waals surface area contributed by atoms with Gasteiger partial charge in [0.25, 0.3) is 5.91 Å². The lowest BCUT2D eigenvalue weighted by Crippen LogP contribution is -2.19. The van der Waals surface area contributed by atoms with E-state index in [9.17, 15) is 4.79 Å². The first-order valence-electron chi connectivity index (χ1n) is 8.19. The highest BCUT2D eigenvalue weighted by molar-refractivity contribution is 7.97. The first-order chi connectivity index (χ1) is 12.6. The van der Waals surface area contributed by atoms with Crippen molar-refractivity contribution in [1.82, 2.24) is 14.6 Å². The second-order valence-electron chi connectivity index (χ2n) is 5.88. The monoisotopic (exact) mass is 361 g/mol. The molecule has 0 saturated heterocycles. The third-order valence-electron chi connectivity index (χ3n) is 3.77. The molecule has 0 bridgehead atoms. The predicted octanol–water partition coefficient (Wildman–Crippen LogP) is 3.47. The molecule has 26 heavy (non-hydrogen) atoms. The number of pyridine rings is 1. The molecule has 3 aromatic rings. The van der Waals surface area contributed by atoms with E-state index in [1.807, 2.05) is 54.7 Å². The fourth-order valence-corrected chi connectivity index (χ4v) is 3.02. The molecule has 130 valence electrons. The van der Waals surface area contributed by atoms with E-state index in [1.165, 1.54) is 15.8 Å². The van der Waals surface area contributed by atoms with Crippen LogP contribution in [0.5, 0.6) is 0 Å². The number of nitrogens with one attached hydrogen (secondary N) is 1. The lowest BCUT2D eigenvalue weighted by Gasteiger charge is -2.07. The summed E-state index contributed by atoms with van der Waals surface area (Å²) in [7, 11) is 3.38. The van der Waals surface area contributed by atoms with E-state index in [4.69, 9.17) is 0 Å². The molecule has 1 aromatic heterocycles. The van der Waals surface area contributed by atoms with Gasteiger partial charge in [0.2, 0.25) is 0 Å². The highest BCUT2D eigenvalue weighted by Gasteiger charge is 2.02. The normalized spacial score (nSPS) is 10.2. The predicted molar refractivity (Wildman–Crippen MR) is 106 cm³/mol. The number of nitrogens with zero attached hydrogens (tertiary/aromatic N) is 2. The highest BCUT2D eigenvalue weighted by Crippen LogP contribution is 2.19. The molecule has 0 unspecified atom stereocenters. The maximum Gasteiger partial charge on any atom is 0.298 e. The molecule has 1 heterocycles. The molecule has 1 amide bonds. The Kier molecular flexibility index (Phi) is 5.90. The summed E-state index contributed by atoms with van der Waals surface area (Å²) in [6, 6.07) is 18.0. The summed E-state index contributed by atoms with van der Waals surface area (Å²) in [4.78, 5) is 18.4. The lowest BCUT2D eigenvalue weighted by atomic mass is 10.1. The van der Waals surface area contributed by atoms with Crippen LogP contribution in [0.2, 0.25) is 0 Å². The minimum Gasteiger partial charge on any atom is -0.338 e. The van der Waals surface area contributed by atoms with Gasteiger partial charge in [0.1, 0.15) is 0 Å². The largest absolute Gasteiger partial charge is 0.338 e. The van der Waals surface area contributed by atoms with Crippen molar-refractivity contribution < 1.29 is 4.79 Å². The van der Waals surface area contributed by atoms with Gasteiger partial charge in [0, 0.05) is 48.6 Å². The van der Waals surface area contributed by atoms with Crippen LogP contribution >= 0.6 is 11.9 Å². The van der Waals surface area contributed by atoms with E-state index >= 15 is 0 Å². The number of benzene rings is 2. The topological polar surface area (TPSA) is 45.2 Å². The van der Waals surface area contributed by atoms with Gasteiger partial charge in [-0.3, -0.25) is 14.5 Å². The van der Waals surface area contributed by atoms with E-state index in [1.54, 1.807) is 26.0 Å². The van der Waals surface area contributed by atoms with Crippen LogP contribution in [0.15, 0.2) is 65.7 Å². The molecule has 0 spiro atoms. The van der Waals surface area contributed by atoms with Crippen molar-refractivity contribution >= 4 is 28.8 Å². The van der Waals surface area contributed by atoms with Crippen LogP contribution < -0.4 is 4.72 Å². The van der Waals surface area contributed by atoms with Gasteiger partial charge in [-0.2, -0.15) is 0 Å². The zero-order chi connectivity index (χ0) is 18.4. The maximum absolute atomic E-state index is 11.5. The number of hydrogen-bond donors (Lipinski definition) is 1. The summed E-state index contributed by atoms with van der Waals surface area (Å²) in [5.41, 5.74) is 3.05. The third-order valence-corrected chi connectivity index (χ3v) is 4.56. The van der Waals surface area contributed by atoms with Crippen LogP contribution in [0.4, 0.5) is 0 Å². The lowest BCUT2D eigenvalue weighted by molar-refractivity contribution is -0.122. The number of aromatic nitrogens is 1. The van der Waals surface area contributed by atoms with E-state index in [2.05, 4.69) is 27.6 Å². The Balaban J connectivity index is 1.59. The van der Waals surface area contributed by atoms with Crippen molar-refractivity contribution in [2.45, 2.75) is 11.4 Å². The number of hydrogen-bond acceptors (Lipinski definition) is 4. The Morgan fingerprint density at radius 1 is 1.12 bits per heavy atom. The van der Waals surface area contributed by atoms with Crippen molar-refractivity contribution in [3.63, 3.8) is 0 Å². The Morgan fingerprint density at radius 2 is 1.88 bits per heavy atom. The molecule has 3 rings (SSSR count). The van der Waals surface area contributed by atoms with Gasteiger partial charge in [0.05, 0.1) is 5.52 Å². The summed E-state index contributed by atoms with van der Waals surface area (Å²) in [6.45, 7) is 0.743. The Hall–Kier alpha value is -2.81. The van der Waals surface area contributed by atoms with Crippen LogP contribution in [0.25, 0.3) is 10.9 Å². The number of carbonyl (C=O) groups is 1. The Morgan fingerprint density at radius 3 is 2.65 bits per heavy atom. The maximum atomic E-state index is 11.5. The average Bonchev–Trinajstić information content (AvgIpc) is 2.67. The zero-order valence-corrected chi connectivity index (χ0v) is 15.5. The van der Waals surface area contributed by atoms with Crippen LogP contribution in [0, 0.1) is 11.8 Å². The van der Waals surface area contributed by atoms with E-state index < -0.39 is 0 Å². The molecule has 0 fully saturated rings. The van der Waals surface area contributed by atoms with E-state index in [0.29, 0.717) is 0 Å². The molecule has 5 heteroatoms. The van der Waals surface area contributed by atoms with E-state index in [0.717, 1.165) is 22.5 Å². The van der Waals surface area contributed by atoms with Crippen LogP contribution in [0.3, 0.4) is 0 Å². The summed E-state index contributed by atoms with van der Waals surface area (Å²) in [5.74, 6) is 5.29. The van der Waals surface area contributed by atoms with Crippen molar-refractivity contribution in [3.05, 3.63) is 71.9 Å². The SMILES string of the molecule is CN(C)C(=O)C#Cc1ccc(SNCc2ccnc3ccccc23)cc1. The highest BCUT2D eigenvalue weighted by atomic mass is 32.2. The zero-order valence-electron chi connectivity index (χ0n) is 14.7. The van der Waals surface area contributed by atoms with Gasteiger partial charge in [-0.05, 0) is 53.9 Å². The number of rotatable bonds is 4. The van der Waals surface area contributed by atoms with Gasteiger partial charge in [-0.1, -0.05) is 24.1 Å². The molecule has 2 aromatic carbocycles. The van der Waals surface area contributed by atoms with Gasteiger partial charge in [0.15, 0.2) is 0 Å². The van der Waals surface area contributed by atoms with Gasteiger partial charge in [-0.15, -0.1) is 0 Å². The average molecular weight is 361 g/mol. The minimum atomic E-state index is -0.199. The molecule has 0 aliphatic carbocycles. The Labute approximate surface area is 157 Å². The smallest absolute Gasteiger partial charge is 0.298 e. The van der Waals surface area contributed by atoms with Crippen molar-refractivity contribution in [2.24, 2.45) is 0 Å². The molecule has 0 atom stereocenters. The van der Waals surface area contributed by atoms with E-state index in [-0.39, 0.29) is 5.91 Å². The number of para-hydroxylation sites is 1. The summed E-state index contributed by atoms with van der Waals surface area (Å²) in [5, 5.41) is 1.17. The quantitative estimate of drug-likeness (QED) is 0.571. The molecule has 4 nitrogen and oxygen atoms in total. The fourth-order valence-electron chi connectivity index (χ4n) is 2.35. The first kappa shape index (κ1) is 18.0. The first-order valence-corrected chi connectivity index (χ1v) is 9.01. The standard InChI is InChI=1S/C21H19N3OS/c1-24(2)21(25)12-9-16-7-10-18(11-8-16)26-23-15-17-13-14-22-20-6-4-3-5-19(17)20/h3-8,10-11,13-14,23H,15H2,1-2H3. The van der Waals surface area contributed by atoms with Crippen LogP contribution in [-0.2, 0) is 11.3 Å². The van der Waals surface area contributed by atoms with Gasteiger partial charge < -0.3 is 4.90 Å².